The highest BCUT2D eigenvalue weighted by Crippen LogP contribution is 2.44. The molecule has 0 spiro atoms. The zero-order valence-corrected chi connectivity index (χ0v) is 18.1. The van der Waals surface area contributed by atoms with Crippen LogP contribution in [0.2, 0.25) is 0 Å². The molecule has 1 aromatic carbocycles. The Kier molecular flexibility index (Phi) is 5.16. The molecule has 1 saturated carbocycles. The van der Waals surface area contributed by atoms with Crippen molar-refractivity contribution in [2.45, 2.75) is 48.5 Å². The molecule has 2 aliphatic heterocycles. The lowest BCUT2D eigenvalue weighted by Crippen LogP contribution is -2.47. The Balaban J connectivity index is 1.40. The fourth-order valence-corrected chi connectivity index (χ4v) is 5.93. The van der Waals surface area contributed by atoms with Crippen LogP contribution in [-0.4, -0.2) is 50.3 Å². The first-order chi connectivity index (χ1) is 15.0. The number of nitriles is 1. The summed E-state index contributed by atoms with van der Waals surface area (Å²) in [5, 5.41) is 20.5. The van der Waals surface area contributed by atoms with Crippen molar-refractivity contribution in [3.8, 4) is 6.07 Å². The van der Waals surface area contributed by atoms with Gasteiger partial charge in [0, 0.05) is 25.3 Å². The molecular weight excluding hydrogens is 412 g/mol. The van der Waals surface area contributed by atoms with Crippen molar-refractivity contribution in [3.05, 3.63) is 41.1 Å². The topological polar surface area (TPSA) is 119 Å². The van der Waals surface area contributed by atoms with Crippen LogP contribution in [0.1, 0.15) is 48.4 Å². The maximum absolute atomic E-state index is 12.6. The van der Waals surface area contributed by atoms with E-state index in [4.69, 9.17) is 15.8 Å². The molecule has 1 aliphatic carbocycles. The summed E-state index contributed by atoms with van der Waals surface area (Å²) in [5.74, 6) is 8.48. The van der Waals surface area contributed by atoms with Gasteiger partial charge in [-0.2, -0.15) is 10.2 Å². The third-order valence-electron chi connectivity index (χ3n) is 6.78. The number of aliphatic hydroxyl groups is 1. The van der Waals surface area contributed by atoms with Gasteiger partial charge in [-0.15, -0.1) is 0 Å². The summed E-state index contributed by atoms with van der Waals surface area (Å²) < 4.78 is 12.6. The van der Waals surface area contributed by atoms with Crippen LogP contribution >= 0.6 is 0 Å². The van der Waals surface area contributed by atoms with E-state index in [1.165, 1.54) is 5.56 Å². The first-order valence-electron chi connectivity index (χ1n) is 10.7. The number of nitrogens with two attached hydrogens (primary N) is 1. The summed E-state index contributed by atoms with van der Waals surface area (Å²) in [7, 11) is -1.16. The second kappa shape index (κ2) is 7.86. The first kappa shape index (κ1) is 20.4. The number of hydrazine groups is 1. The molecule has 162 valence electrons. The van der Waals surface area contributed by atoms with Crippen molar-refractivity contribution in [1.82, 2.24) is 9.97 Å². The lowest BCUT2D eigenvalue weighted by Gasteiger charge is -2.34. The smallest absolute Gasteiger partial charge is 0.227 e. The molecular formula is C22H26N6O2S. The molecule has 3 N–H and O–H groups in total. The first-order valence-corrected chi connectivity index (χ1v) is 12.1. The molecule has 3 aliphatic rings. The zero-order chi connectivity index (χ0) is 21.6. The van der Waals surface area contributed by atoms with E-state index in [1.54, 1.807) is 5.01 Å². The maximum atomic E-state index is 12.6. The van der Waals surface area contributed by atoms with E-state index in [2.05, 4.69) is 17.0 Å². The van der Waals surface area contributed by atoms with Crippen molar-refractivity contribution in [1.29, 1.82) is 5.26 Å². The van der Waals surface area contributed by atoms with Crippen molar-refractivity contribution in [2.24, 2.45) is 5.84 Å². The SMILES string of the molecule is N#Cc1cccc(C2CCN(c3nc4c(c(N(N)C5(CO)CC5)n3)S(=O)CC4)CC2)c1. The monoisotopic (exact) mass is 438 g/mol. The maximum Gasteiger partial charge on any atom is 0.227 e. The molecule has 2 fully saturated rings. The highest BCUT2D eigenvalue weighted by Gasteiger charge is 2.49. The van der Waals surface area contributed by atoms with Crippen LogP contribution in [0.5, 0.6) is 0 Å². The number of rotatable bonds is 5. The minimum atomic E-state index is -1.16. The van der Waals surface area contributed by atoms with Gasteiger partial charge in [-0.25, -0.2) is 10.8 Å². The Bertz CT molecular complexity index is 1070. The summed E-state index contributed by atoms with van der Waals surface area (Å²) in [6.07, 6.45) is 4.15. The van der Waals surface area contributed by atoms with E-state index in [-0.39, 0.29) is 6.61 Å². The number of aromatic nitrogens is 2. The van der Waals surface area contributed by atoms with Crippen LogP contribution in [0.15, 0.2) is 29.2 Å². The van der Waals surface area contributed by atoms with E-state index in [0.717, 1.165) is 44.5 Å². The Hall–Kier alpha value is -2.54. The molecule has 31 heavy (non-hydrogen) atoms. The van der Waals surface area contributed by atoms with E-state index in [1.807, 2.05) is 18.2 Å². The third kappa shape index (κ3) is 3.59. The second-order valence-electron chi connectivity index (χ2n) is 8.67. The number of anilines is 2. The molecule has 1 saturated heterocycles. The molecule has 9 heteroatoms. The molecule has 1 atom stereocenters. The van der Waals surface area contributed by atoms with Crippen molar-refractivity contribution >= 4 is 22.6 Å². The number of nitrogens with zero attached hydrogens (tertiary/aromatic N) is 5. The van der Waals surface area contributed by atoms with Gasteiger partial charge in [0.25, 0.3) is 0 Å². The largest absolute Gasteiger partial charge is 0.394 e. The van der Waals surface area contributed by atoms with E-state index in [0.29, 0.717) is 40.3 Å². The van der Waals surface area contributed by atoms with Gasteiger partial charge in [0.2, 0.25) is 5.95 Å². The Labute approximate surface area is 184 Å². The molecule has 0 bridgehead atoms. The number of fused-ring (bicyclic) bond motifs is 1. The van der Waals surface area contributed by atoms with Gasteiger partial charge >= 0.3 is 0 Å². The highest BCUT2D eigenvalue weighted by atomic mass is 32.2. The predicted molar refractivity (Wildman–Crippen MR) is 118 cm³/mol. The van der Waals surface area contributed by atoms with Crippen molar-refractivity contribution < 1.29 is 9.32 Å². The van der Waals surface area contributed by atoms with Crippen LogP contribution in [0.3, 0.4) is 0 Å². The lowest BCUT2D eigenvalue weighted by molar-refractivity contribution is 0.248. The summed E-state index contributed by atoms with van der Waals surface area (Å²) in [4.78, 5) is 12.3. The van der Waals surface area contributed by atoms with E-state index >= 15 is 0 Å². The molecule has 1 unspecified atom stereocenters. The number of hydrogen-bond acceptors (Lipinski definition) is 8. The Morgan fingerprint density at radius 1 is 1.32 bits per heavy atom. The van der Waals surface area contributed by atoms with Gasteiger partial charge in [-0.3, -0.25) is 9.22 Å². The highest BCUT2D eigenvalue weighted by molar-refractivity contribution is 7.85. The normalized spacial score (nSPS) is 22.1. The quantitative estimate of drug-likeness (QED) is 0.534. The molecule has 2 aromatic rings. The van der Waals surface area contributed by atoms with Gasteiger partial charge in [0.15, 0.2) is 5.82 Å². The number of benzene rings is 1. The van der Waals surface area contributed by atoms with Gasteiger partial charge < -0.3 is 10.0 Å². The molecule has 8 nitrogen and oxygen atoms in total. The predicted octanol–water partition coefficient (Wildman–Crippen LogP) is 1.60. The summed E-state index contributed by atoms with van der Waals surface area (Å²) in [6.45, 7) is 1.56. The van der Waals surface area contributed by atoms with Gasteiger partial charge in [-0.1, -0.05) is 12.1 Å². The van der Waals surface area contributed by atoms with Gasteiger partial charge in [0.05, 0.1) is 40.3 Å². The number of hydrogen-bond donors (Lipinski definition) is 2. The van der Waals surface area contributed by atoms with Crippen LogP contribution in [-0.2, 0) is 17.2 Å². The van der Waals surface area contributed by atoms with Crippen LogP contribution < -0.4 is 15.8 Å². The number of aliphatic hydroxyl groups excluding tert-OH is 1. The van der Waals surface area contributed by atoms with Gasteiger partial charge in [-0.05, 0) is 49.3 Å². The third-order valence-corrected chi connectivity index (χ3v) is 8.23. The molecule has 0 amide bonds. The van der Waals surface area contributed by atoms with E-state index < -0.39 is 16.3 Å². The number of piperidine rings is 1. The summed E-state index contributed by atoms with van der Waals surface area (Å²) >= 11 is 0. The standard InChI is InChI=1S/C22H26N6O2S/c23-13-15-2-1-3-17(12-15)16-4-9-27(10-5-16)21-25-18-6-11-31(30)19(18)20(26-21)28(24)22(14-29)7-8-22/h1-3,12,16,29H,4-11,14,24H2. The van der Waals surface area contributed by atoms with Crippen LogP contribution in [0.25, 0.3) is 0 Å². The lowest BCUT2D eigenvalue weighted by atomic mass is 9.89. The molecule has 3 heterocycles. The molecule has 1 aromatic heterocycles. The Morgan fingerprint density at radius 2 is 2.10 bits per heavy atom. The van der Waals surface area contributed by atoms with Crippen LogP contribution in [0.4, 0.5) is 11.8 Å². The van der Waals surface area contributed by atoms with Crippen molar-refractivity contribution in [2.75, 3.05) is 35.4 Å². The van der Waals surface area contributed by atoms with Gasteiger partial charge in [0.1, 0.15) is 4.90 Å². The average Bonchev–Trinajstić information content (AvgIpc) is 3.54. The zero-order valence-electron chi connectivity index (χ0n) is 17.3. The second-order valence-corrected chi connectivity index (χ2v) is 10.2. The van der Waals surface area contributed by atoms with Crippen LogP contribution in [0, 0.1) is 11.3 Å². The minimum absolute atomic E-state index is 0.0442. The summed E-state index contributed by atoms with van der Waals surface area (Å²) in [5.41, 5.74) is 2.22. The fraction of sp³-hybridized carbons (Fsp3) is 0.500. The van der Waals surface area contributed by atoms with E-state index in [9.17, 15) is 14.6 Å². The minimum Gasteiger partial charge on any atom is -0.394 e. The molecule has 5 rings (SSSR count). The van der Waals surface area contributed by atoms with Crippen molar-refractivity contribution in [3.63, 3.8) is 0 Å². The summed E-state index contributed by atoms with van der Waals surface area (Å²) in [6, 6.07) is 10.1. The molecule has 0 radical (unpaired) electrons. The Morgan fingerprint density at radius 3 is 2.77 bits per heavy atom. The average molecular weight is 439 g/mol. The number of aryl methyl sites for hydroxylation is 1. The fourth-order valence-electron chi connectivity index (χ4n) is 4.59.